The van der Waals surface area contributed by atoms with Crippen LogP contribution in [-0.2, 0) is 9.53 Å². The molecule has 0 fully saturated rings. The summed E-state index contributed by atoms with van der Waals surface area (Å²) in [5.41, 5.74) is 0. The lowest BCUT2D eigenvalue weighted by atomic mass is 9.97. The van der Waals surface area contributed by atoms with Gasteiger partial charge in [-0.3, -0.25) is 4.79 Å². The zero-order chi connectivity index (χ0) is 13.1. The lowest BCUT2D eigenvalue weighted by Crippen LogP contribution is -2.32. The summed E-state index contributed by atoms with van der Waals surface area (Å²) in [5.74, 6) is 0.425. The number of carbonyl (C=O) groups is 1. The first kappa shape index (κ1) is 16.4. The van der Waals surface area contributed by atoms with Gasteiger partial charge < -0.3 is 10.1 Å². The van der Waals surface area contributed by atoms with Crippen molar-refractivity contribution in [2.45, 2.75) is 65.9 Å². The van der Waals surface area contributed by atoms with Gasteiger partial charge in [0.15, 0.2) is 0 Å². The Labute approximate surface area is 106 Å². The van der Waals surface area contributed by atoms with Crippen LogP contribution in [0.25, 0.3) is 0 Å². The van der Waals surface area contributed by atoms with Crippen LogP contribution in [0.2, 0.25) is 0 Å². The molecule has 17 heavy (non-hydrogen) atoms. The molecule has 0 aliphatic rings. The van der Waals surface area contributed by atoms with E-state index in [1.165, 1.54) is 0 Å². The van der Waals surface area contributed by atoms with E-state index < -0.39 is 0 Å². The molecule has 3 nitrogen and oxygen atoms in total. The molecule has 0 aromatic rings. The Morgan fingerprint density at radius 2 is 1.76 bits per heavy atom. The summed E-state index contributed by atoms with van der Waals surface area (Å²) in [6, 6.07) is 0. The molecule has 102 valence electrons. The predicted molar refractivity (Wildman–Crippen MR) is 72.0 cm³/mol. The molecule has 0 radical (unpaired) electrons. The Bertz CT molecular complexity index is 187. The van der Waals surface area contributed by atoms with Crippen LogP contribution in [0.4, 0.5) is 0 Å². The van der Waals surface area contributed by atoms with Crippen LogP contribution in [0, 0.1) is 5.92 Å². The lowest BCUT2D eigenvalue weighted by molar-refractivity contribution is -0.125. The average Bonchev–Trinajstić information content (AvgIpc) is 2.27. The van der Waals surface area contributed by atoms with Gasteiger partial charge in [-0.25, -0.2) is 0 Å². The van der Waals surface area contributed by atoms with Crippen molar-refractivity contribution in [3.05, 3.63) is 0 Å². The highest BCUT2D eigenvalue weighted by Gasteiger charge is 2.15. The third-order valence-corrected chi connectivity index (χ3v) is 2.72. The molecule has 0 rings (SSSR count). The number of hydrogen-bond acceptors (Lipinski definition) is 2. The first-order valence-corrected chi connectivity index (χ1v) is 7.01. The van der Waals surface area contributed by atoms with Gasteiger partial charge in [-0.15, -0.1) is 0 Å². The SMILES string of the molecule is CCCC(CCC)C(=O)NCCCOC(C)C. The van der Waals surface area contributed by atoms with Crippen molar-refractivity contribution >= 4 is 5.91 Å². The molecule has 0 aromatic carbocycles. The van der Waals surface area contributed by atoms with Crippen molar-refractivity contribution in [1.29, 1.82) is 0 Å². The maximum absolute atomic E-state index is 11.9. The van der Waals surface area contributed by atoms with Crippen molar-refractivity contribution in [1.82, 2.24) is 5.32 Å². The maximum atomic E-state index is 11.9. The maximum Gasteiger partial charge on any atom is 0.223 e. The van der Waals surface area contributed by atoms with E-state index >= 15 is 0 Å². The normalized spacial score (nSPS) is 11.2. The summed E-state index contributed by atoms with van der Waals surface area (Å²) in [5, 5.41) is 3.01. The van der Waals surface area contributed by atoms with E-state index in [2.05, 4.69) is 19.2 Å². The highest BCUT2D eigenvalue weighted by Crippen LogP contribution is 2.13. The Hall–Kier alpha value is -0.570. The lowest BCUT2D eigenvalue weighted by Gasteiger charge is -2.15. The number of amides is 1. The zero-order valence-electron chi connectivity index (χ0n) is 11.9. The fourth-order valence-corrected chi connectivity index (χ4v) is 1.85. The van der Waals surface area contributed by atoms with E-state index in [9.17, 15) is 4.79 Å². The molecule has 0 saturated carbocycles. The molecule has 1 amide bonds. The molecule has 0 saturated heterocycles. The minimum atomic E-state index is 0.205. The monoisotopic (exact) mass is 243 g/mol. The van der Waals surface area contributed by atoms with Crippen molar-refractivity contribution in [3.8, 4) is 0 Å². The summed E-state index contributed by atoms with van der Waals surface area (Å²) in [4.78, 5) is 11.9. The molecule has 0 aromatic heterocycles. The molecular formula is C14H29NO2. The molecule has 0 spiro atoms. The second-order valence-corrected chi connectivity index (χ2v) is 4.84. The van der Waals surface area contributed by atoms with E-state index in [0.717, 1.165) is 45.3 Å². The molecule has 3 heteroatoms. The van der Waals surface area contributed by atoms with Gasteiger partial charge in [-0.2, -0.15) is 0 Å². The van der Waals surface area contributed by atoms with E-state index in [0.29, 0.717) is 0 Å². The number of carbonyl (C=O) groups excluding carboxylic acids is 1. The Balaban J connectivity index is 3.66. The smallest absolute Gasteiger partial charge is 0.223 e. The summed E-state index contributed by atoms with van der Waals surface area (Å²) >= 11 is 0. The molecule has 1 N–H and O–H groups in total. The highest BCUT2D eigenvalue weighted by molar-refractivity contribution is 5.78. The standard InChI is InChI=1S/C14H29NO2/c1-5-8-13(9-6-2)14(16)15-10-7-11-17-12(3)4/h12-13H,5-11H2,1-4H3,(H,15,16). The minimum absolute atomic E-state index is 0.205. The van der Waals surface area contributed by atoms with Crippen molar-refractivity contribution in [3.63, 3.8) is 0 Å². The van der Waals surface area contributed by atoms with E-state index in [1.54, 1.807) is 0 Å². The number of hydrogen-bond donors (Lipinski definition) is 1. The van der Waals surface area contributed by atoms with Crippen LogP contribution in [0.15, 0.2) is 0 Å². The van der Waals surface area contributed by atoms with Gasteiger partial charge in [0.05, 0.1) is 6.10 Å². The van der Waals surface area contributed by atoms with Gasteiger partial charge >= 0.3 is 0 Å². The minimum Gasteiger partial charge on any atom is -0.379 e. The van der Waals surface area contributed by atoms with Crippen LogP contribution < -0.4 is 5.32 Å². The Morgan fingerprint density at radius 1 is 1.18 bits per heavy atom. The topological polar surface area (TPSA) is 38.3 Å². The van der Waals surface area contributed by atoms with Crippen LogP contribution in [0.1, 0.15) is 59.8 Å². The van der Waals surface area contributed by atoms with Gasteiger partial charge in [0.25, 0.3) is 0 Å². The molecule has 0 heterocycles. The summed E-state index contributed by atoms with van der Waals surface area (Å²) in [7, 11) is 0. The van der Waals surface area contributed by atoms with Gasteiger partial charge in [-0.05, 0) is 33.1 Å². The molecule has 0 aliphatic carbocycles. The second-order valence-electron chi connectivity index (χ2n) is 4.84. The third-order valence-electron chi connectivity index (χ3n) is 2.72. The Morgan fingerprint density at radius 3 is 2.24 bits per heavy atom. The average molecular weight is 243 g/mol. The predicted octanol–water partition coefficient (Wildman–Crippen LogP) is 3.13. The van der Waals surface area contributed by atoms with Crippen molar-refractivity contribution in [2.75, 3.05) is 13.2 Å². The van der Waals surface area contributed by atoms with Gasteiger partial charge in [-0.1, -0.05) is 26.7 Å². The van der Waals surface area contributed by atoms with Gasteiger partial charge in [0.2, 0.25) is 5.91 Å². The fourth-order valence-electron chi connectivity index (χ4n) is 1.85. The van der Waals surface area contributed by atoms with Crippen LogP contribution in [-0.4, -0.2) is 25.2 Å². The summed E-state index contributed by atoms with van der Waals surface area (Å²) in [6.07, 6.45) is 5.33. The summed E-state index contributed by atoms with van der Waals surface area (Å²) in [6.45, 7) is 9.77. The summed E-state index contributed by atoms with van der Waals surface area (Å²) < 4.78 is 5.43. The largest absolute Gasteiger partial charge is 0.379 e. The van der Waals surface area contributed by atoms with Crippen LogP contribution >= 0.6 is 0 Å². The number of nitrogens with one attached hydrogen (secondary N) is 1. The Kier molecular flexibility index (Phi) is 10.2. The first-order chi connectivity index (χ1) is 8.11. The third kappa shape index (κ3) is 9.16. The first-order valence-electron chi connectivity index (χ1n) is 7.01. The quantitative estimate of drug-likeness (QED) is 0.599. The molecule has 0 aliphatic heterocycles. The zero-order valence-corrected chi connectivity index (χ0v) is 11.9. The number of rotatable bonds is 10. The van der Waals surface area contributed by atoms with Gasteiger partial charge in [0, 0.05) is 19.1 Å². The highest BCUT2D eigenvalue weighted by atomic mass is 16.5. The van der Waals surface area contributed by atoms with E-state index in [4.69, 9.17) is 4.74 Å². The second kappa shape index (κ2) is 10.6. The van der Waals surface area contributed by atoms with E-state index in [-0.39, 0.29) is 17.9 Å². The molecular weight excluding hydrogens is 214 g/mol. The number of ether oxygens (including phenoxy) is 1. The molecule has 0 bridgehead atoms. The van der Waals surface area contributed by atoms with Crippen LogP contribution in [0.5, 0.6) is 0 Å². The molecule has 0 atom stereocenters. The van der Waals surface area contributed by atoms with Crippen LogP contribution in [0.3, 0.4) is 0 Å². The molecule has 0 unspecified atom stereocenters. The van der Waals surface area contributed by atoms with Crippen molar-refractivity contribution in [2.24, 2.45) is 5.92 Å². The fraction of sp³-hybridized carbons (Fsp3) is 0.929. The van der Waals surface area contributed by atoms with E-state index in [1.807, 2.05) is 13.8 Å². The van der Waals surface area contributed by atoms with Crippen molar-refractivity contribution < 1.29 is 9.53 Å². The van der Waals surface area contributed by atoms with Gasteiger partial charge in [0.1, 0.15) is 0 Å².